The van der Waals surface area contributed by atoms with Crippen molar-refractivity contribution in [3.8, 4) is 11.3 Å². The van der Waals surface area contributed by atoms with Gasteiger partial charge in [-0.1, -0.05) is 0 Å². The Morgan fingerprint density at radius 1 is 1.18 bits per heavy atom. The van der Waals surface area contributed by atoms with Crippen LogP contribution >= 0.6 is 0 Å². The molecule has 2 aromatic heterocycles. The Kier molecular flexibility index (Phi) is 7.46. The van der Waals surface area contributed by atoms with Gasteiger partial charge in [0.05, 0.1) is 43.3 Å². The number of aryl methyl sites for hydroxylation is 1. The van der Waals surface area contributed by atoms with Crippen LogP contribution in [0.15, 0.2) is 30.5 Å². The Labute approximate surface area is 218 Å². The van der Waals surface area contributed by atoms with Gasteiger partial charge in [0.1, 0.15) is 23.4 Å². The number of amides is 2. The van der Waals surface area contributed by atoms with E-state index in [0.29, 0.717) is 24.5 Å². The molecule has 0 bridgehead atoms. The molecule has 0 unspecified atom stereocenters. The molecular formula is C27H30F2N4O5. The van der Waals surface area contributed by atoms with Gasteiger partial charge in [-0.3, -0.25) is 5.32 Å². The summed E-state index contributed by atoms with van der Waals surface area (Å²) in [6.45, 7) is 2.87. The largest absolute Gasteiger partial charge is 0.453 e. The number of pyridine rings is 1. The molecule has 0 radical (unpaired) electrons. The predicted octanol–water partition coefficient (Wildman–Crippen LogP) is 5.09. The number of halogens is 2. The summed E-state index contributed by atoms with van der Waals surface area (Å²) in [5.74, 6) is -1.74. The molecule has 1 N–H and O–H groups in total. The number of carbonyl (C=O) groups excluding carboxylic acids is 2. The number of anilines is 1. The molecule has 9 nitrogen and oxygen atoms in total. The van der Waals surface area contributed by atoms with Crippen LogP contribution in [0.4, 0.5) is 24.1 Å². The molecule has 202 valence electrons. The van der Waals surface area contributed by atoms with Gasteiger partial charge in [0, 0.05) is 24.8 Å². The molecular weight excluding hydrogens is 498 g/mol. The molecule has 0 spiro atoms. The highest BCUT2D eigenvalue weighted by Gasteiger charge is 2.29. The number of ether oxygens (including phenoxy) is 3. The summed E-state index contributed by atoms with van der Waals surface area (Å²) in [6, 6.07) is 5.81. The smallest absolute Gasteiger partial charge is 0.411 e. The second kappa shape index (κ2) is 10.9. The van der Waals surface area contributed by atoms with Gasteiger partial charge in [0.25, 0.3) is 0 Å². The second-order valence-electron chi connectivity index (χ2n) is 9.70. The lowest BCUT2D eigenvalue weighted by atomic mass is 10.0. The first-order valence-corrected chi connectivity index (χ1v) is 12.7. The Morgan fingerprint density at radius 2 is 1.92 bits per heavy atom. The lowest BCUT2D eigenvalue weighted by Crippen LogP contribution is -2.46. The summed E-state index contributed by atoms with van der Waals surface area (Å²) >= 11 is 0. The summed E-state index contributed by atoms with van der Waals surface area (Å²) in [5.41, 5.74) is 1.78. The zero-order chi connectivity index (χ0) is 26.8. The van der Waals surface area contributed by atoms with E-state index in [1.807, 2.05) is 19.1 Å². The maximum Gasteiger partial charge on any atom is 0.411 e. The fourth-order valence-corrected chi connectivity index (χ4v) is 5.12. The summed E-state index contributed by atoms with van der Waals surface area (Å²) < 4.78 is 48.7. The van der Waals surface area contributed by atoms with Crippen molar-refractivity contribution < 1.29 is 32.6 Å². The lowest BCUT2D eigenvalue weighted by molar-refractivity contribution is -0.0241. The fraction of sp³-hybridized carbons (Fsp3) is 0.444. The van der Waals surface area contributed by atoms with Crippen LogP contribution in [0, 0.1) is 18.6 Å². The number of nitrogens with one attached hydrogen (secondary N) is 1. The van der Waals surface area contributed by atoms with Crippen molar-refractivity contribution in [3.63, 3.8) is 0 Å². The third-order valence-corrected chi connectivity index (χ3v) is 6.97. The Bertz CT molecular complexity index is 1330. The highest BCUT2D eigenvalue weighted by molar-refractivity contribution is 5.85. The number of morpholine rings is 1. The molecule has 11 heteroatoms. The van der Waals surface area contributed by atoms with Gasteiger partial charge in [0.2, 0.25) is 0 Å². The molecule has 1 aliphatic carbocycles. The second-order valence-corrected chi connectivity index (χ2v) is 9.70. The molecule has 3 aromatic rings. The van der Waals surface area contributed by atoms with E-state index in [1.165, 1.54) is 12.0 Å². The predicted molar refractivity (Wildman–Crippen MR) is 135 cm³/mol. The van der Waals surface area contributed by atoms with Crippen molar-refractivity contribution in [2.24, 2.45) is 0 Å². The van der Waals surface area contributed by atoms with Crippen molar-refractivity contribution in [3.05, 3.63) is 53.4 Å². The molecule has 2 aliphatic rings. The SMILES string of the molecule is COC(=O)N1CCO[C@@H](Cc2c(-c3c(F)cc(NC(=O)OC4CCCC4)cc3F)nc3cc(C)ccn23)C1. The zero-order valence-electron chi connectivity index (χ0n) is 21.3. The molecule has 5 rings (SSSR count). The van der Waals surface area contributed by atoms with E-state index >= 15 is 8.78 Å². The van der Waals surface area contributed by atoms with Crippen molar-refractivity contribution in [2.45, 2.75) is 51.2 Å². The third kappa shape index (κ3) is 5.42. The summed E-state index contributed by atoms with van der Waals surface area (Å²) in [6.07, 6.45) is 3.79. The average Bonchev–Trinajstić information content (AvgIpc) is 3.51. The summed E-state index contributed by atoms with van der Waals surface area (Å²) in [4.78, 5) is 30.4. The molecule has 3 heterocycles. The first-order valence-electron chi connectivity index (χ1n) is 12.7. The normalized spacial score (nSPS) is 18.1. The van der Waals surface area contributed by atoms with Gasteiger partial charge >= 0.3 is 12.2 Å². The molecule has 1 saturated heterocycles. The summed E-state index contributed by atoms with van der Waals surface area (Å²) in [5, 5.41) is 2.43. The van der Waals surface area contributed by atoms with Crippen molar-refractivity contribution >= 4 is 23.5 Å². The van der Waals surface area contributed by atoms with Crippen LogP contribution in [-0.2, 0) is 20.6 Å². The van der Waals surface area contributed by atoms with Crippen LogP contribution in [0.5, 0.6) is 0 Å². The van der Waals surface area contributed by atoms with Crippen LogP contribution < -0.4 is 5.32 Å². The maximum atomic E-state index is 15.4. The molecule has 2 fully saturated rings. The highest BCUT2D eigenvalue weighted by atomic mass is 19.1. The van der Waals surface area contributed by atoms with Gasteiger partial charge in [0.15, 0.2) is 0 Å². The number of hydrogen-bond acceptors (Lipinski definition) is 6. The number of fused-ring (bicyclic) bond motifs is 1. The highest BCUT2D eigenvalue weighted by Crippen LogP contribution is 2.33. The molecule has 1 saturated carbocycles. The summed E-state index contributed by atoms with van der Waals surface area (Å²) in [7, 11) is 1.32. The molecule has 1 aromatic carbocycles. The van der Waals surface area contributed by atoms with Crippen molar-refractivity contribution in [2.75, 3.05) is 32.1 Å². The van der Waals surface area contributed by atoms with Gasteiger partial charge < -0.3 is 23.5 Å². The van der Waals surface area contributed by atoms with Crippen LogP contribution in [0.3, 0.4) is 0 Å². The first-order chi connectivity index (χ1) is 18.3. The Morgan fingerprint density at radius 3 is 2.63 bits per heavy atom. The first kappa shape index (κ1) is 25.9. The van der Waals surface area contributed by atoms with Crippen LogP contribution in [0.2, 0.25) is 0 Å². The number of hydrogen-bond donors (Lipinski definition) is 1. The maximum absolute atomic E-state index is 15.4. The van der Waals surface area contributed by atoms with E-state index in [4.69, 9.17) is 14.2 Å². The van der Waals surface area contributed by atoms with E-state index < -0.39 is 29.9 Å². The number of rotatable bonds is 5. The number of aromatic nitrogens is 2. The molecule has 1 atom stereocenters. The minimum Gasteiger partial charge on any atom is -0.453 e. The van der Waals surface area contributed by atoms with Gasteiger partial charge in [-0.05, 0) is 62.4 Å². The average molecular weight is 529 g/mol. The van der Waals surface area contributed by atoms with Crippen LogP contribution in [-0.4, -0.2) is 65.5 Å². The lowest BCUT2D eigenvalue weighted by Gasteiger charge is -2.32. The number of imidazole rings is 1. The number of carbonyl (C=O) groups is 2. The van der Waals surface area contributed by atoms with E-state index in [0.717, 1.165) is 43.4 Å². The fourth-order valence-electron chi connectivity index (χ4n) is 5.12. The van der Waals surface area contributed by atoms with Crippen molar-refractivity contribution in [1.82, 2.24) is 14.3 Å². The monoisotopic (exact) mass is 528 g/mol. The molecule has 1 aliphatic heterocycles. The van der Waals surface area contributed by atoms with Crippen LogP contribution in [0.25, 0.3) is 16.9 Å². The van der Waals surface area contributed by atoms with Crippen molar-refractivity contribution in [1.29, 1.82) is 0 Å². The number of benzene rings is 1. The number of methoxy groups -OCH3 is 1. The topological polar surface area (TPSA) is 94.4 Å². The standard InChI is InChI=1S/C27H30F2N4O5/c1-16-7-8-33-22(14-19-15-32(9-10-37-19)27(35)36-2)25(31-23(33)11-16)24-20(28)12-17(13-21(24)29)30-26(34)38-18-5-3-4-6-18/h7-8,11-13,18-19H,3-6,9-10,14-15H2,1-2H3,(H,30,34)/t19-/m0/s1. The molecule has 38 heavy (non-hydrogen) atoms. The van der Waals surface area contributed by atoms with Gasteiger partial charge in [-0.25, -0.2) is 23.4 Å². The van der Waals surface area contributed by atoms with E-state index in [-0.39, 0.29) is 36.0 Å². The minimum atomic E-state index is -0.872. The minimum absolute atomic E-state index is 0.0442. The Hall–Kier alpha value is -3.73. The van der Waals surface area contributed by atoms with E-state index in [2.05, 4.69) is 10.3 Å². The quantitative estimate of drug-likeness (QED) is 0.496. The zero-order valence-corrected chi connectivity index (χ0v) is 21.3. The number of nitrogens with zero attached hydrogens (tertiary/aromatic N) is 3. The van der Waals surface area contributed by atoms with Crippen LogP contribution in [0.1, 0.15) is 36.9 Å². The Balaban J connectivity index is 1.45. The van der Waals surface area contributed by atoms with E-state index in [1.54, 1.807) is 10.6 Å². The van der Waals surface area contributed by atoms with Gasteiger partial charge in [-0.15, -0.1) is 0 Å². The third-order valence-electron chi connectivity index (χ3n) is 6.97. The van der Waals surface area contributed by atoms with E-state index in [9.17, 15) is 9.59 Å². The molecule has 2 amide bonds. The van der Waals surface area contributed by atoms with Gasteiger partial charge in [-0.2, -0.15) is 0 Å².